The maximum absolute atomic E-state index is 6.02. The van der Waals surface area contributed by atoms with Gasteiger partial charge in [-0.15, -0.1) is 0 Å². The molecular formula is C15H23NO3. The maximum Gasteiger partial charge on any atom is 0.164 e. The summed E-state index contributed by atoms with van der Waals surface area (Å²) in [6, 6.07) is 5.98. The number of methoxy groups -OCH3 is 1. The molecule has 19 heavy (non-hydrogen) atoms. The van der Waals surface area contributed by atoms with Crippen LogP contribution in [0.3, 0.4) is 0 Å². The first-order valence-corrected chi connectivity index (χ1v) is 6.87. The molecule has 1 aromatic rings. The summed E-state index contributed by atoms with van der Waals surface area (Å²) in [7, 11) is 1.67. The van der Waals surface area contributed by atoms with Gasteiger partial charge >= 0.3 is 0 Å². The molecule has 0 saturated carbocycles. The van der Waals surface area contributed by atoms with Crippen molar-refractivity contribution < 1.29 is 14.2 Å². The van der Waals surface area contributed by atoms with Crippen LogP contribution in [0.15, 0.2) is 18.2 Å². The van der Waals surface area contributed by atoms with Gasteiger partial charge in [0.2, 0.25) is 0 Å². The highest BCUT2D eigenvalue weighted by Crippen LogP contribution is 2.36. The van der Waals surface area contributed by atoms with Gasteiger partial charge in [0.05, 0.1) is 13.7 Å². The number of hydrogen-bond donors (Lipinski definition) is 1. The van der Waals surface area contributed by atoms with E-state index in [9.17, 15) is 0 Å². The summed E-state index contributed by atoms with van der Waals surface area (Å²) in [4.78, 5) is 0. The van der Waals surface area contributed by atoms with Crippen LogP contribution in [0.25, 0.3) is 0 Å². The molecule has 4 heteroatoms. The van der Waals surface area contributed by atoms with E-state index in [1.807, 2.05) is 18.2 Å². The fourth-order valence-electron chi connectivity index (χ4n) is 2.34. The molecule has 2 unspecified atom stereocenters. The van der Waals surface area contributed by atoms with Crippen molar-refractivity contribution in [1.82, 2.24) is 0 Å². The fraction of sp³-hybridized carbons (Fsp3) is 0.600. The van der Waals surface area contributed by atoms with Crippen LogP contribution in [0.4, 0.5) is 0 Å². The van der Waals surface area contributed by atoms with Crippen LogP contribution in [-0.2, 0) is 4.74 Å². The van der Waals surface area contributed by atoms with Gasteiger partial charge in [-0.05, 0) is 31.4 Å². The Morgan fingerprint density at radius 3 is 2.95 bits per heavy atom. The Morgan fingerprint density at radius 2 is 2.32 bits per heavy atom. The van der Waals surface area contributed by atoms with E-state index < -0.39 is 0 Å². The Morgan fingerprint density at radius 1 is 1.47 bits per heavy atom. The smallest absolute Gasteiger partial charge is 0.164 e. The van der Waals surface area contributed by atoms with Crippen molar-refractivity contribution in [2.24, 2.45) is 5.73 Å². The lowest BCUT2D eigenvalue weighted by Gasteiger charge is -2.25. The predicted molar refractivity (Wildman–Crippen MR) is 74.9 cm³/mol. The summed E-state index contributed by atoms with van der Waals surface area (Å²) in [6.45, 7) is 4.17. The average Bonchev–Trinajstić information content (AvgIpc) is 2.47. The van der Waals surface area contributed by atoms with Crippen molar-refractivity contribution in [1.29, 1.82) is 0 Å². The third-order valence-electron chi connectivity index (χ3n) is 3.51. The number of ether oxygens (including phenoxy) is 3. The summed E-state index contributed by atoms with van der Waals surface area (Å²) >= 11 is 0. The van der Waals surface area contributed by atoms with E-state index in [1.165, 1.54) is 0 Å². The van der Waals surface area contributed by atoms with E-state index in [0.717, 1.165) is 36.5 Å². The average molecular weight is 265 g/mol. The number of nitrogens with two attached hydrogens (primary N) is 1. The first kappa shape index (κ1) is 14.2. The third-order valence-corrected chi connectivity index (χ3v) is 3.51. The second kappa shape index (κ2) is 6.78. The van der Waals surface area contributed by atoms with E-state index in [-0.39, 0.29) is 12.0 Å². The zero-order valence-electron chi connectivity index (χ0n) is 11.7. The van der Waals surface area contributed by atoms with Gasteiger partial charge in [-0.1, -0.05) is 19.1 Å². The minimum absolute atomic E-state index is 0.117. The van der Waals surface area contributed by atoms with Crippen LogP contribution < -0.4 is 15.2 Å². The lowest BCUT2D eigenvalue weighted by atomic mass is 10.00. The minimum atomic E-state index is 0.117. The third kappa shape index (κ3) is 3.39. The van der Waals surface area contributed by atoms with Gasteiger partial charge in [0.15, 0.2) is 11.5 Å². The van der Waals surface area contributed by atoms with Crippen molar-refractivity contribution in [3.05, 3.63) is 23.8 Å². The van der Waals surface area contributed by atoms with Gasteiger partial charge in [-0.2, -0.15) is 0 Å². The lowest BCUT2D eigenvalue weighted by molar-refractivity contribution is 0.00638. The molecule has 1 fully saturated rings. The van der Waals surface area contributed by atoms with Crippen molar-refractivity contribution in [3.63, 3.8) is 0 Å². The Hall–Kier alpha value is -1.26. The van der Waals surface area contributed by atoms with Gasteiger partial charge in [0.25, 0.3) is 0 Å². The molecule has 1 heterocycles. The second-order valence-electron chi connectivity index (χ2n) is 4.97. The largest absolute Gasteiger partial charge is 0.493 e. The number of benzene rings is 1. The van der Waals surface area contributed by atoms with Crippen molar-refractivity contribution in [2.75, 3.05) is 26.9 Å². The standard InChI is InChI=1S/C15H23NO3/c1-11(9-16)13-6-3-7-14(15(13)17-2)19-12-5-4-8-18-10-12/h3,6-7,11-12H,4-5,8-10,16H2,1-2H3. The molecule has 0 bridgehead atoms. The van der Waals surface area contributed by atoms with E-state index >= 15 is 0 Å². The molecule has 1 saturated heterocycles. The van der Waals surface area contributed by atoms with Crippen LogP contribution >= 0.6 is 0 Å². The first-order chi connectivity index (χ1) is 9.26. The zero-order chi connectivity index (χ0) is 13.7. The monoisotopic (exact) mass is 265 g/mol. The highest BCUT2D eigenvalue weighted by atomic mass is 16.5. The Kier molecular flexibility index (Phi) is 5.05. The van der Waals surface area contributed by atoms with Gasteiger partial charge in [-0.25, -0.2) is 0 Å². The Balaban J connectivity index is 2.19. The van der Waals surface area contributed by atoms with Crippen LogP contribution in [0.2, 0.25) is 0 Å². The molecule has 0 spiro atoms. The zero-order valence-corrected chi connectivity index (χ0v) is 11.7. The topological polar surface area (TPSA) is 53.7 Å². The molecule has 0 amide bonds. The van der Waals surface area contributed by atoms with Crippen LogP contribution in [-0.4, -0.2) is 33.0 Å². The molecule has 0 radical (unpaired) electrons. The molecule has 1 aliphatic heterocycles. The van der Waals surface area contributed by atoms with Gasteiger partial charge < -0.3 is 19.9 Å². The summed E-state index contributed by atoms with van der Waals surface area (Å²) in [5.41, 5.74) is 6.84. The SMILES string of the molecule is COc1c(OC2CCCOC2)cccc1C(C)CN. The van der Waals surface area contributed by atoms with Crippen molar-refractivity contribution in [3.8, 4) is 11.5 Å². The molecule has 4 nitrogen and oxygen atoms in total. The minimum Gasteiger partial charge on any atom is -0.493 e. The quantitative estimate of drug-likeness (QED) is 0.887. The van der Waals surface area contributed by atoms with E-state index in [1.54, 1.807) is 7.11 Å². The van der Waals surface area contributed by atoms with Gasteiger partial charge in [-0.3, -0.25) is 0 Å². The molecule has 0 aromatic heterocycles. The normalized spacial score (nSPS) is 20.9. The molecule has 0 aliphatic carbocycles. The highest BCUT2D eigenvalue weighted by Gasteiger charge is 2.20. The van der Waals surface area contributed by atoms with E-state index in [2.05, 4.69) is 6.92 Å². The summed E-state index contributed by atoms with van der Waals surface area (Å²) in [6.07, 6.45) is 2.19. The fourth-order valence-corrected chi connectivity index (χ4v) is 2.34. The summed E-state index contributed by atoms with van der Waals surface area (Å²) in [5.74, 6) is 1.84. The molecular weight excluding hydrogens is 242 g/mol. The van der Waals surface area contributed by atoms with Gasteiger partial charge in [0, 0.05) is 12.2 Å². The van der Waals surface area contributed by atoms with Crippen molar-refractivity contribution >= 4 is 0 Å². The molecule has 2 rings (SSSR count). The van der Waals surface area contributed by atoms with Gasteiger partial charge in [0.1, 0.15) is 6.10 Å². The second-order valence-corrected chi connectivity index (χ2v) is 4.97. The molecule has 1 aliphatic rings. The number of para-hydroxylation sites is 1. The number of hydrogen-bond acceptors (Lipinski definition) is 4. The highest BCUT2D eigenvalue weighted by molar-refractivity contribution is 5.48. The van der Waals surface area contributed by atoms with Crippen molar-refractivity contribution in [2.45, 2.75) is 31.8 Å². The molecule has 2 N–H and O–H groups in total. The molecule has 1 aromatic carbocycles. The van der Waals surface area contributed by atoms with E-state index in [4.69, 9.17) is 19.9 Å². The van der Waals surface area contributed by atoms with Crippen LogP contribution in [0, 0.1) is 0 Å². The van der Waals surface area contributed by atoms with Crippen LogP contribution in [0.5, 0.6) is 11.5 Å². The maximum atomic E-state index is 6.02. The van der Waals surface area contributed by atoms with Crippen LogP contribution in [0.1, 0.15) is 31.2 Å². The Labute approximate surface area is 114 Å². The molecule has 2 atom stereocenters. The lowest BCUT2D eigenvalue weighted by Crippen LogP contribution is -2.28. The summed E-state index contributed by atoms with van der Waals surface area (Å²) in [5, 5.41) is 0. The first-order valence-electron chi connectivity index (χ1n) is 6.87. The van der Waals surface area contributed by atoms with E-state index in [0.29, 0.717) is 13.2 Å². The predicted octanol–water partition coefficient (Wildman–Crippen LogP) is 2.32. The number of rotatable bonds is 5. The summed E-state index contributed by atoms with van der Waals surface area (Å²) < 4.78 is 17.0. The Bertz CT molecular complexity index is 402. The molecule has 106 valence electrons.